The Hall–Kier alpha value is -3.08. The molecule has 1 amide bonds. The Balaban J connectivity index is 1.28. The van der Waals surface area contributed by atoms with Crippen molar-refractivity contribution >= 4 is 23.0 Å². The Bertz CT molecular complexity index is 1020. The number of fused-ring (bicyclic) bond motifs is 2. The van der Waals surface area contributed by atoms with Crippen molar-refractivity contribution in [1.82, 2.24) is 14.9 Å². The van der Waals surface area contributed by atoms with E-state index >= 15 is 0 Å². The van der Waals surface area contributed by atoms with Crippen LogP contribution in [0.15, 0.2) is 48.5 Å². The lowest BCUT2D eigenvalue weighted by atomic mass is 9.97. The molecule has 3 heterocycles. The van der Waals surface area contributed by atoms with E-state index in [-0.39, 0.29) is 11.8 Å². The topological polar surface area (TPSA) is 58.2 Å². The van der Waals surface area contributed by atoms with Crippen molar-refractivity contribution in [2.45, 2.75) is 25.2 Å². The molecule has 0 unspecified atom stereocenters. The van der Waals surface area contributed by atoms with Gasteiger partial charge in [0.05, 0.1) is 17.6 Å². The number of aromatic nitrogens is 2. The number of carbonyl (C=O) groups excluding carboxylic acids is 1. The number of ether oxygens (including phenoxy) is 1. The third-order valence-corrected chi connectivity index (χ3v) is 5.66. The Morgan fingerprint density at radius 1 is 1.25 bits per heavy atom. The zero-order chi connectivity index (χ0) is 18.9. The van der Waals surface area contributed by atoms with Crippen molar-refractivity contribution in [3.63, 3.8) is 0 Å². The van der Waals surface area contributed by atoms with Crippen molar-refractivity contribution < 1.29 is 9.53 Å². The second-order valence-electron chi connectivity index (χ2n) is 7.56. The third kappa shape index (κ3) is 3.28. The molecule has 5 nitrogen and oxygen atoms in total. The van der Waals surface area contributed by atoms with E-state index < -0.39 is 0 Å². The summed E-state index contributed by atoms with van der Waals surface area (Å²) in [5, 5.41) is 0. The SMILES string of the molecule is O=C(/C=C/c1ccc2c(c1)CCO2)N1CCC[C@H](c2nc3ccccc3[nH]2)C1. The number of nitrogens with zero attached hydrogens (tertiary/aromatic N) is 2. The maximum atomic E-state index is 12.7. The maximum absolute atomic E-state index is 12.7. The first-order chi connectivity index (χ1) is 13.8. The fourth-order valence-corrected chi connectivity index (χ4v) is 4.15. The Morgan fingerprint density at radius 2 is 2.18 bits per heavy atom. The van der Waals surface area contributed by atoms with E-state index in [9.17, 15) is 4.79 Å². The van der Waals surface area contributed by atoms with E-state index in [0.717, 1.165) is 60.6 Å². The van der Waals surface area contributed by atoms with Gasteiger partial charge in [-0.05, 0) is 54.3 Å². The maximum Gasteiger partial charge on any atom is 0.246 e. The van der Waals surface area contributed by atoms with Crippen LogP contribution >= 0.6 is 0 Å². The van der Waals surface area contributed by atoms with Crippen LogP contribution in [0.1, 0.15) is 35.7 Å². The van der Waals surface area contributed by atoms with Crippen LogP contribution in [0.4, 0.5) is 0 Å². The number of imidazole rings is 1. The van der Waals surface area contributed by atoms with Crippen molar-refractivity contribution in [3.8, 4) is 5.75 Å². The molecule has 142 valence electrons. The summed E-state index contributed by atoms with van der Waals surface area (Å²) in [6, 6.07) is 14.2. The van der Waals surface area contributed by atoms with Crippen molar-refractivity contribution in [3.05, 3.63) is 65.5 Å². The number of likely N-dealkylation sites (tertiary alicyclic amines) is 1. The van der Waals surface area contributed by atoms with Crippen LogP contribution in [0.5, 0.6) is 5.75 Å². The van der Waals surface area contributed by atoms with Gasteiger partial charge in [0.25, 0.3) is 0 Å². The number of nitrogens with one attached hydrogen (secondary N) is 1. The average molecular weight is 373 g/mol. The Morgan fingerprint density at radius 3 is 3.11 bits per heavy atom. The minimum atomic E-state index is 0.0672. The van der Waals surface area contributed by atoms with E-state index in [1.165, 1.54) is 5.56 Å². The first-order valence-electron chi connectivity index (χ1n) is 9.93. The highest BCUT2D eigenvalue weighted by Crippen LogP contribution is 2.28. The standard InChI is InChI=1S/C23H23N3O2/c27-22(10-8-16-7-9-21-17(14-16)11-13-28-21)26-12-3-4-18(15-26)23-24-19-5-1-2-6-20(19)25-23/h1-2,5-10,14,18H,3-4,11-13,15H2,(H,24,25)/b10-8+/t18-/m0/s1. The highest BCUT2D eigenvalue weighted by Gasteiger charge is 2.25. The van der Waals surface area contributed by atoms with Crippen LogP contribution < -0.4 is 4.74 Å². The molecule has 1 atom stereocenters. The lowest BCUT2D eigenvalue weighted by Crippen LogP contribution is -2.38. The molecular weight excluding hydrogens is 350 g/mol. The molecule has 1 aromatic heterocycles. The van der Waals surface area contributed by atoms with Gasteiger partial charge >= 0.3 is 0 Å². The van der Waals surface area contributed by atoms with Crippen LogP contribution in [-0.4, -0.2) is 40.5 Å². The summed E-state index contributed by atoms with van der Waals surface area (Å²) in [7, 11) is 0. The molecule has 2 aromatic carbocycles. The van der Waals surface area contributed by atoms with Gasteiger partial charge < -0.3 is 14.6 Å². The van der Waals surface area contributed by atoms with Gasteiger partial charge in [0.1, 0.15) is 11.6 Å². The van der Waals surface area contributed by atoms with Gasteiger partial charge in [0.15, 0.2) is 0 Å². The number of H-pyrrole nitrogens is 1. The predicted molar refractivity (Wildman–Crippen MR) is 109 cm³/mol. The predicted octanol–water partition coefficient (Wildman–Crippen LogP) is 3.92. The summed E-state index contributed by atoms with van der Waals surface area (Å²) in [6.07, 6.45) is 6.59. The fourth-order valence-electron chi connectivity index (χ4n) is 4.15. The molecule has 0 bridgehead atoms. The van der Waals surface area contributed by atoms with E-state index in [4.69, 9.17) is 9.72 Å². The smallest absolute Gasteiger partial charge is 0.246 e. The number of amides is 1. The molecule has 0 spiro atoms. The number of hydrogen-bond donors (Lipinski definition) is 1. The quantitative estimate of drug-likeness (QED) is 0.708. The second-order valence-corrected chi connectivity index (χ2v) is 7.56. The number of carbonyl (C=O) groups is 1. The Kier molecular flexibility index (Phi) is 4.35. The lowest BCUT2D eigenvalue weighted by molar-refractivity contribution is -0.127. The van der Waals surface area contributed by atoms with E-state index in [2.05, 4.69) is 11.1 Å². The normalized spacial score (nSPS) is 19.1. The summed E-state index contributed by atoms with van der Waals surface area (Å²) in [6.45, 7) is 2.26. The average Bonchev–Trinajstić information content (AvgIpc) is 3.38. The van der Waals surface area contributed by atoms with Crippen molar-refractivity contribution in [1.29, 1.82) is 0 Å². The summed E-state index contributed by atoms with van der Waals surface area (Å²) in [5.74, 6) is 2.28. The zero-order valence-electron chi connectivity index (χ0n) is 15.7. The molecule has 1 N–H and O–H groups in total. The van der Waals surface area contributed by atoms with E-state index in [0.29, 0.717) is 6.54 Å². The van der Waals surface area contributed by atoms with Gasteiger partial charge in [-0.3, -0.25) is 4.79 Å². The lowest BCUT2D eigenvalue weighted by Gasteiger charge is -2.31. The molecule has 3 aromatic rings. The molecule has 2 aliphatic rings. The summed E-state index contributed by atoms with van der Waals surface area (Å²) < 4.78 is 5.54. The van der Waals surface area contributed by atoms with E-state index in [1.807, 2.05) is 47.4 Å². The van der Waals surface area contributed by atoms with Crippen LogP contribution in [-0.2, 0) is 11.2 Å². The summed E-state index contributed by atoms with van der Waals surface area (Å²) >= 11 is 0. The van der Waals surface area contributed by atoms with Crippen molar-refractivity contribution in [2.24, 2.45) is 0 Å². The molecule has 5 rings (SSSR count). The van der Waals surface area contributed by atoms with Crippen LogP contribution in [0.25, 0.3) is 17.1 Å². The third-order valence-electron chi connectivity index (χ3n) is 5.66. The minimum absolute atomic E-state index is 0.0672. The first-order valence-corrected chi connectivity index (χ1v) is 9.93. The largest absolute Gasteiger partial charge is 0.493 e. The molecular formula is C23H23N3O2. The van der Waals surface area contributed by atoms with Crippen LogP contribution in [0.3, 0.4) is 0 Å². The number of piperidine rings is 1. The minimum Gasteiger partial charge on any atom is -0.493 e. The molecule has 1 fully saturated rings. The summed E-state index contributed by atoms with van der Waals surface area (Å²) in [4.78, 5) is 22.8. The van der Waals surface area contributed by atoms with Gasteiger partial charge in [0, 0.05) is 31.5 Å². The molecule has 0 aliphatic carbocycles. The number of rotatable bonds is 3. The van der Waals surface area contributed by atoms with Gasteiger partial charge in [-0.2, -0.15) is 0 Å². The monoisotopic (exact) mass is 373 g/mol. The van der Waals surface area contributed by atoms with E-state index in [1.54, 1.807) is 6.08 Å². The molecule has 0 radical (unpaired) electrons. The van der Waals surface area contributed by atoms with Gasteiger partial charge in [-0.1, -0.05) is 18.2 Å². The van der Waals surface area contributed by atoms with Gasteiger partial charge in [-0.25, -0.2) is 4.98 Å². The summed E-state index contributed by atoms with van der Waals surface area (Å²) in [5.41, 5.74) is 4.31. The molecule has 5 heteroatoms. The number of para-hydroxylation sites is 2. The highest BCUT2D eigenvalue weighted by atomic mass is 16.5. The second kappa shape index (κ2) is 7.15. The Labute approximate surface area is 164 Å². The highest BCUT2D eigenvalue weighted by molar-refractivity contribution is 5.92. The fraction of sp³-hybridized carbons (Fsp3) is 0.304. The van der Waals surface area contributed by atoms with Crippen LogP contribution in [0, 0.1) is 0 Å². The van der Waals surface area contributed by atoms with Crippen molar-refractivity contribution in [2.75, 3.05) is 19.7 Å². The van der Waals surface area contributed by atoms with Gasteiger partial charge in [-0.15, -0.1) is 0 Å². The number of benzene rings is 2. The molecule has 1 saturated heterocycles. The van der Waals surface area contributed by atoms with Gasteiger partial charge in [0.2, 0.25) is 5.91 Å². The molecule has 2 aliphatic heterocycles. The van der Waals surface area contributed by atoms with Crippen LogP contribution in [0.2, 0.25) is 0 Å². The number of hydrogen-bond acceptors (Lipinski definition) is 3. The molecule has 28 heavy (non-hydrogen) atoms. The zero-order valence-corrected chi connectivity index (χ0v) is 15.7. The number of aromatic amines is 1. The first kappa shape index (κ1) is 17.0. The molecule has 0 saturated carbocycles.